The number of nitrogen functional groups attached to an aromatic ring is 1. The van der Waals surface area contributed by atoms with Crippen LogP contribution in [0.1, 0.15) is 0 Å². The third-order valence-electron chi connectivity index (χ3n) is 3.81. The predicted octanol–water partition coefficient (Wildman–Crippen LogP) is -3.22. The Labute approximate surface area is 170 Å². The van der Waals surface area contributed by atoms with Crippen LogP contribution < -0.4 is 25.9 Å². The van der Waals surface area contributed by atoms with Gasteiger partial charge in [-0.05, 0) is 0 Å². The Kier molecular flexibility index (Phi) is 8.78. The van der Waals surface area contributed by atoms with Crippen molar-refractivity contribution in [3.63, 3.8) is 0 Å². The number of carbonyl (C=O) groups excluding carboxylic acids is 2. The van der Waals surface area contributed by atoms with Gasteiger partial charge in [-0.25, -0.2) is 0 Å². The molecule has 0 spiro atoms. The molecule has 3 rings (SSSR count). The van der Waals surface area contributed by atoms with Crippen LogP contribution >= 0.6 is 35.7 Å². The van der Waals surface area contributed by atoms with Crippen LogP contribution in [0.4, 0.5) is 5.69 Å². The number of carboxylic acid groups (broad SMARTS) is 1. The number of pyridine rings is 1. The standard InChI is InChI=1S/C14H16N4O4S.HI.2H2O/c1-22-9-2-8(15)4-17(5-9)3-7-6-23-13-10(16)12(19)18(13)11(7)14(20)21;;;/h2,4-5,10,13H,3,6,15-16H2,1H3;1H;2*1H2/t10-,13+;;;/m1.../s1. The fourth-order valence-electron chi connectivity index (χ4n) is 2.74. The van der Waals surface area contributed by atoms with Crippen LogP contribution in [0.25, 0.3) is 0 Å². The maximum Gasteiger partial charge on any atom is 0.248 e. The molecule has 0 unspecified atom stereocenters. The first-order valence-corrected chi connectivity index (χ1v) is 7.94. The smallest absolute Gasteiger partial charge is 0.248 e. The summed E-state index contributed by atoms with van der Waals surface area (Å²) in [5, 5.41) is 11.2. The van der Waals surface area contributed by atoms with Crippen LogP contribution in [-0.4, -0.2) is 52.0 Å². The van der Waals surface area contributed by atoms with Crippen molar-refractivity contribution in [2.24, 2.45) is 5.73 Å². The summed E-state index contributed by atoms with van der Waals surface area (Å²) in [7, 11) is 1.52. The molecule has 2 aliphatic heterocycles. The zero-order valence-electron chi connectivity index (χ0n) is 13.8. The molecule has 2 aliphatic rings. The fourth-order valence-corrected chi connectivity index (χ4v) is 4.03. The zero-order chi connectivity index (χ0) is 16.7. The third kappa shape index (κ3) is 4.20. The van der Waals surface area contributed by atoms with Gasteiger partial charge in [-0.15, -0.1) is 35.7 Å². The first-order valence-electron chi connectivity index (χ1n) is 6.89. The minimum absolute atomic E-state index is 0. The number of anilines is 1. The van der Waals surface area contributed by atoms with Gasteiger partial charge in [0.15, 0.2) is 18.5 Å². The minimum atomic E-state index is -1.37. The van der Waals surface area contributed by atoms with Gasteiger partial charge >= 0.3 is 0 Å². The molecule has 12 heteroatoms. The number of amides is 1. The second kappa shape index (κ2) is 9.36. The van der Waals surface area contributed by atoms with Gasteiger partial charge in [-0.2, -0.15) is 4.57 Å². The molecule has 2 atom stereocenters. The van der Waals surface area contributed by atoms with E-state index in [4.69, 9.17) is 16.2 Å². The second-order valence-corrected chi connectivity index (χ2v) is 6.46. The quantitative estimate of drug-likeness (QED) is 0.247. The van der Waals surface area contributed by atoms with Crippen LogP contribution in [0, 0.1) is 0 Å². The molecule has 10 nitrogen and oxygen atoms in total. The molecule has 1 fully saturated rings. The Morgan fingerprint density at radius 3 is 2.69 bits per heavy atom. The molecule has 0 aliphatic carbocycles. The lowest BCUT2D eigenvalue weighted by atomic mass is 10.0. The Hall–Kier alpha value is -1.61. The predicted molar refractivity (Wildman–Crippen MR) is 103 cm³/mol. The molecule has 146 valence electrons. The van der Waals surface area contributed by atoms with Crippen molar-refractivity contribution in [1.82, 2.24) is 4.90 Å². The van der Waals surface area contributed by atoms with Gasteiger partial charge in [-0.3, -0.25) is 9.69 Å². The summed E-state index contributed by atoms with van der Waals surface area (Å²) in [6.07, 6.45) is 3.37. The zero-order valence-corrected chi connectivity index (χ0v) is 16.9. The molecule has 0 bridgehead atoms. The van der Waals surface area contributed by atoms with Crippen LogP contribution in [0.2, 0.25) is 0 Å². The number of thioether (sulfide) groups is 1. The molecule has 0 aromatic carbocycles. The van der Waals surface area contributed by atoms with Crippen molar-refractivity contribution < 1.29 is 35.0 Å². The van der Waals surface area contributed by atoms with Crippen molar-refractivity contribution in [1.29, 1.82) is 0 Å². The van der Waals surface area contributed by atoms with E-state index in [0.717, 1.165) is 0 Å². The first kappa shape index (κ1) is 24.4. The molecule has 1 saturated heterocycles. The normalized spacial score (nSPS) is 20.7. The first-order chi connectivity index (χ1) is 10.9. The van der Waals surface area contributed by atoms with Crippen molar-refractivity contribution in [2.75, 3.05) is 18.6 Å². The fraction of sp³-hybridized carbons (Fsp3) is 0.357. The summed E-state index contributed by atoms with van der Waals surface area (Å²) in [5.41, 5.74) is 12.5. The molecular formula is C14H21IN4O6S. The highest BCUT2D eigenvalue weighted by atomic mass is 127. The number of ether oxygens (including phenoxy) is 1. The molecule has 0 saturated carbocycles. The monoisotopic (exact) mass is 500 g/mol. The Morgan fingerprint density at radius 2 is 2.12 bits per heavy atom. The Morgan fingerprint density at radius 1 is 1.46 bits per heavy atom. The van der Waals surface area contributed by atoms with Crippen LogP contribution in [-0.2, 0) is 16.1 Å². The molecule has 1 aromatic rings. The largest absolute Gasteiger partial charge is 0.543 e. The highest BCUT2D eigenvalue weighted by Crippen LogP contribution is 2.39. The summed E-state index contributed by atoms with van der Waals surface area (Å²) >= 11 is 1.44. The van der Waals surface area contributed by atoms with Crippen LogP contribution in [0.5, 0.6) is 5.75 Å². The number of aromatic nitrogens is 1. The van der Waals surface area contributed by atoms with Crippen LogP contribution in [0.3, 0.4) is 0 Å². The number of fused-ring (bicyclic) bond motifs is 1. The number of carbonyl (C=O) groups is 2. The lowest BCUT2D eigenvalue weighted by Crippen LogP contribution is -2.69. The van der Waals surface area contributed by atoms with E-state index in [2.05, 4.69) is 0 Å². The van der Waals surface area contributed by atoms with E-state index in [1.165, 1.54) is 23.8 Å². The lowest BCUT2D eigenvalue weighted by Gasteiger charge is -2.49. The van der Waals surface area contributed by atoms with Gasteiger partial charge in [0.05, 0.1) is 18.8 Å². The topological polar surface area (TPSA) is 189 Å². The molecule has 3 heterocycles. The van der Waals surface area contributed by atoms with E-state index in [9.17, 15) is 14.7 Å². The number of hydrogen-bond donors (Lipinski definition) is 2. The summed E-state index contributed by atoms with van der Waals surface area (Å²) in [6.45, 7) is 0.267. The van der Waals surface area contributed by atoms with E-state index in [-0.39, 0.29) is 52.5 Å². The second-order valence-electron chi connectivity index (χ2n) is 5.36. The maximum absolute atomic E-state index is 11.9. The van der Waals surface area contributed by atoms with Gasteiger partial charge in [0.2, 0.25) is 12.1 Å². The number of carboxylic acids is 1. The van der Waals surface area contributed by atoms with Gasteiger partial charge in [0, 0.05) is 17.4 Å². The number of methoxy groups -OCH3 is 1. The van der Waals surface area contributed by atoms with Gasteiger partial charge < -0.3 is 37.1 Å². The van der Waals surface area contributed by atoms with E-state index in [1.807, 2.05) is 0 Å². The Balaban J connectivity index is 0.00000208. The van der Waals surface area contributed by atoms with Crippen LogP contribution in [0.15, 0.2) is 29.7 Å². The summed E-state index contributed by atoms with van der Waals surface area (Å²) in [4.78, 5) is 24.6. The number of nitrogens with two attached hydrogens (primary N) is 2. The molecular weight excluding hydrogens is 479 g/mol. The van der Waals surface area contributed by atoms with Crippen molar-refractivity contribution in [3.05, 3.63) is 29.7 Å². The molecule has 0 radical (unpaired) electrons. The van der Waals surface area contributed by atoms with E-state index < -0.39 is 17.9 Å². The maximum atomic E-state index is 11.9. The average molecular weight is 500 g/mol. The summed E-state index contributed by atoms with van der Waals surface area (Å²) < 4.78 is 6.87. The number of halogens is 1. The molecule has 1 amide bonds. The van der Waals surface area contributed by atoms with Gasteiger partial charge in [0.25, 0.3) is 0 Å². The highest BCUT2D eigenvalue weighted by Gasteiger charge is 2.50. The van der Waals surface area contributed by atoms with Gasteiger partial charge in [0.1, 0.15) is 17.1 Å². The molecule has 26 heavy (non-hydrogen) atoms. The van der Waals surface area contributed by atoms with E-state index >= 15 is 0 Å². The van der Waals surface area contributed by atoms with E-state index in [0.29, 0.717) is 22.8 Å². The molecule has 8 N–H and O–H groups in total. The average Bonchev–Trinajstić information content (AvgIpc) is 2.52. The number of aliphatic carboxylic acids is 1. The minimum Gasteiger partial charge on any atom is -0.543 e. The number of β-lactam (4-membered cyclic amide) rings is 1. The SMILES string of the molecule is COc1cc(N)c[n+](CC2=C(C(=O)[O-])N3C(=O)[C@@H](N)[C@@H]3SC2)c1.I.O.O. The number of hydrogen-bond acceptors (Lipinski definition) is 7. The molecule has 1 aromatic heterocycles. The highest BCUT2D eigenvalue weighted by molar-refractivity contribution is 14.0. The van der Waals surface area contributed by atoms with Crippen molar-refractivity contribution >= 4 is 53.3 Å². The van der Waals surface area contributed by atoms with Crippen molar-refractivity contribution in [2.45, 2.75) is 18.0 Å². The lowest BCUT2D eigenvalue weighted by molar-refractivity contribution is -0.688. The number of rotatable bonds is 4. The van der Waals surface area contributed by atoms with E-state index in [1.54, 1.807) is 23.0 Å². The van der Waals surface area contributed by atoms with Crippen molar-refractivity contribution in [3.8, 4) is 5.75 Å². The number of nitrogens with zero attached hydrogens (tertiary/aromatic N) is 2. The summed E-state index contributed by atoms with van der Waals surface area (Å²) in [6, 6.07) is 1.00. The Bertz CT molecular complexity index is 731. The third-order valence-corrected chi connectivity index (χ3v) is 5.17. The summed E-state index contributed by atoms with van der Waals surface area (Å²) in [5.74, 6) is -0.754. The van der Waals surface area contributed by atoms with Gasteiger partial charge in [-0.1, -0.05) is 0 Å².